The molecule has 0 radical (unpaired) electrons. The van der Waals surface area contributed by atoms with E-state index in [9.17, 15) is 0 Å². The fourth-order valence-electron chi connectivity index (χ4n) is 1.88. The highest BCUT2D eigenvalue weighted by Gasteiger charge is 2.16. The SMILES string of the molecule is Cc1cccc(N2CCOC(C)C2)c1. The number of aryl methyl sites for hydroxylation is 1. The first-order chi connectivity index (χ1) is 6.75. The maximum atomic E-state index is 5.52. The third-order valence-corrected chi connectivity index (χ3v) is 2.61. The van der Waals surface area contributed by atoms with Crippen molar-refractivity contribution in [2.45, 2.75) is 20.0 Å². The van der Waals surface area contributed by atoms with Gasteiger partial charge in [0, 0.05) is 18.8 Å². The van der Waals surface area contributed by atoms with Crippen LogP contribution in [0.5, 0.6) is 0 Å². The Morgan fingerprint density at radius 2 is 2.29 bits per heavy atom. The molecule has 2 heteroatoms. The average Bonchev–Trinajstić information content (AvgIpc) is 2.18. The zero-order valence-corrected chi connectivity index (χ0v) is 8.86. The highest BCUT2D eigenvalue weighted by atomic mass is 16.5. The highest BCUT2D eigenvalue weighted by molar-refractivity contribution is 5.48. The first-order valence-electron chi connectivity index (χ1n) is 5.19. The van der Waals surface area contributed by atoms with Gasteiger partial charge in [0.05, 0.1) is 12.7 Å². The van der Waals surface area contributed by atoms with Gasteiger partial charge in [-0.25, -0.2) is 0 Å². The van der Waals surface area contributed by atoms with Gasteiger partial charge in [-0.3, -0.25) is 0 Å². The molecule has 2 nitrogen and oxygen atoms in total. The van der Waals surface area contributed by atoms with Gasteiger partial charge in [-0.15, -0.1) is 0 Å². The summed E-state index contributed by atoms with van der Waals surface area (Å²) in [4.78, 5) is 2.39. The second-order valence-corrected chi connectivity index (χ2v) is 3.97. The lowest BCUT2D eigenvalue weighted by Crippen LogP contribution is -2.41. The van der Waals surface area contributed by atoms with Crippen LogP contribution in [0.15, 0.2) is 24.3 Å². The van der Waals surface area contributed by atoms with Crippen LogP contribution in [0.4, 0.5) is 5.69 Å². The van der Waals surface area contributed by atoms with E-state index in [-0.39, 0.29) is 0 Å². The van der Waals surface area contributed by atoms with E-state index < -0.39 is 0 Å². The molecule has 1 heterocycles. The van der Waals surface area contributed by atoms with Crippen LogP contribution in [0.25, 0.3) is 0 Å². The van der Waals surface area contributed by atoms with Crippen LogP contribution in [0.2, 0.25) is 0 Å². The van der Waals surface area contributed by atoms with Gasteiger partial charge in [0.15, 0.2) is 0 Å². The Kier molecular flexibility index (Phi) is 2.73. The molecular weight excluding hydrogens is 174 g/mol. The molecule has 1 aliphatic rings. The van der Waals surface area contributed by atoms with Crippen molar-refractivity contribution in [3.8, 4) is 0 Å². The van der Waals surface area contributed by atoms with Gasteiger partial charge in [0.1, 0.15) is 0 Å². The molecule has 0 saturated carbocycles. The van der Waals surface area contributed by atoms with Crippen molar-refractivity contribution in [2.24, 2.45) is 0 Å². The summed E-state index contributed by atoms with van der Waals surface area (Å²) in [6, 6.07) is 8.65. The van der Waals surface area contributed by atoms with E-state index >= 15 is 0 Å². The minimum atomic E-state index is 0.351. The maximum Gasteiger partial charge on any atom is 0.0722 e. The predicted molar refractivity (Wildman–Crippen MR) is 58.8 cm³/mol. The molecule has 0 N–H and O–H groups in total. The third kappa shape index (κ3) is 2.07. The molecule has 1 aromatic rings. The van der Waals surface area contributed by atoms with E-state index in [0.29, 0.717) is 6.10 Å². The van der Waals surface area contributed by atoms with Crippen LogP contribution < -0.4 is 4.90 Å². The number of nitrogens with zero attached hydrogens (tertiary/aromatic N) is 1. The first kappa shape index (κ1) is 9.53. The van der Waals surface area contributed by atoms with Gasteiger partial charge in [-0.05, 0) is 31.5 Å². The van der Waals surface area contributed by atoms with Crippen LogP contribution in [-0.2, 0) is 4.74 Å². The molecule has 14 heavy (non-hydrogen) atoms. The summed E-state index contributed by atoms with van der Waals surface area (Å²) in [5.41, 5.74) is 2.64. The minimum Gasteiger partial charge on any atom is -0.375 e. The third-order valence-electron chi connectivity index (χ3n) is 2.61. The second kappa shape index (κ2) is 4.01. The van der Waals surface area contributed by atoms with E-state index in [1.165, 1.54) is 11.3 Å². The lowest BCUT2D eigenvalue weighted by molar-refractivity contribution is 0.0532. The van der Waals surface area contributed by atoms with Gasteiger partial charge in [-0.1, -0.05) is 12.1 Å². The Hall–Kier alpha value is -1.02. The van der Waals surface area contributed by atoms with Crippen molar-refractivity contribution in [2.75, 3.05) is 24.6 Å². The Balaban J connectivity index is 2.14. The number of rotatable bonds is 1. The normalized spacial score (nSPS) is 22.4. The standard InChI is InChI=1S/C12H17NO/c1-10-4-3-5-12(8-10)13-6-7-14-11(2)9-13/h3-5,8,11H,6-7,9H2,1-2H3. The Morgan fingerprint density at radius 3 is 3.00 bits per heavy atom. The molecule has 0 aromatic heterocycles. The number of benzene rings is 1. The molecule has 1 saturated heterocycles. The quantitative estimate of drug-likeness (QED) is 0.675. The van der Waals surface area contributed by atoms with Gasteiger partial charge < -0.3 is 9.64 Å². The van der Waals surface area contributed by atoms with Crippen LogP contribution in [0, 0.1) is 6.92 Å². The number of ether oxygens (including phenoxy) is 1. The molecule has 1 aromatic carbocycles. The van der Waals surface area contributed by atoms with Crippen LogP contribution in [-0.4, -0.2) is 25.8 Å². The number of anilines is 1. The summed E-state index contributed by atoms with van der Waals surface area (Å²) in [5.74, 6) is 0. The van der Waals surface area contributed by atoms with Crippen molar-refractivity contribution < 1.29 is 4.74 Å². The lowest BCUT2D eigenvalue weighted by atomic mass is 10.2. The molecule has 76 valence electrons. The van der Waals surface area contributed by atoms with Gasteiger partial charge in [0.25, 0.3) is 0 Å². The maximum absolute atomic E-state index is 5.52. The van der Waals surface area contributed by atoms with Gasteiger partial charge in [-0.2, -0.15) is 0 Å². The monoisotopic (exact) mass is 191 g/mol. The van der Waals surface area contributed by atoms with E-state index in [1.807, 2.05) is 0 Å². The van der Waals surface area contributed by atoms with Crippen molar-refractivity contribution in [1.82, 2.24) is 0 Å². The van der Waals surface area contributed by atoms with Crippen molar-refractivity contribution >= 4 is 5.69 Å². The van der Waals surface area contributed by atoms with Gasteiger partial charge in [0.2, 0.25) is 0 Å². The van der Waals surface area contributed by atoms with Crippen molar-refractivity contribution in [3.05, 3.63) is 29.8 Å². The van der Waals surface area contributed by atoms with E-state index in [2.05, 4.69) is 43.0 Å². The summed E-state index contributed by atoms with van der Waals surface area (Å²) >= 11 is 0. The minimum absolute atomic E-state index is 0.351. The van der Waals surface area contributed by atoms with Crippen molar-refractivity contribution in [3.63, 3.8) is 0 Å². The molecule has 0 aliphatic carbocycles. The molecule has 1 aliphatic heterocycles. The molecule has 0 bridgehead atoms. The summed E-state index contributed by atoms with van der Waals surface area (Å²) in [6.07, 6.45) is 0.351. The van der Waals surface area contributed by atoms with Crippen LogP contribution >= 0.6 is 0 Å². The zero-order valence-electron chi connectivity index (χ0n) is 8.86. The Labute approximate surface area is 85.5 Å². The van der Waals surface area contributed by atoms with E-state index in [0.717, 1.165) is 19.7 Å². The number of hydrogen-bond acceptors (Lipinski definition) is 2. The highest BCUT2D eigenvalue weighted by Crippen LogP contribution is 2.18. The predicted octanol–water partition coefficient (Wildman–Crippen LogP) is 2.22. The number of morpholine rings is 1. The average molecular weight is 191 g/mol. The van der Waals surface area contributed by atoms with E-state index in [1.54, 1.807) is 0 Å². The topological polar surface area (TPSA) is 12.5 Å². The first-order valence-corrected chi connectivity index (χ1v) is 5.19. The molecule has 1 atom stereocenters. The largest absolute Gasteiger partial charge is 0.375 e. The fraction of sp³-hybridized carbons (Fsp3) is 0.500. The summed E-state index contributed by atoms with van der Waals surface area (Å²) in [6.45, 7) is 7.11. The molecule has 2 rings (SSSR count). The Morgan fingerprint density at radius 1 is 1.43 bits per heavy atom. The fourth-order valence-corrected chi connectivity index (χ4v) is 1.88. The van der Waals surface area contributed by atoms with Crippen LogP contribution in [0.3, 0.4) is 0 Å². The molecule has 1 fully saturated rings. The Bertz CT molecular complexity index is 311. The second-order valence-electron chi connectivity index (χ2n) is 3.97. The molecule has 0 amide bonds. The van der Waals surface area contributed by atoms with Crippen LogP contribution in [0.1, 0.15) is 12.5 Å². The number of hydrogen-bond donors (Lipinski definition) is 0. The molecule has 0 spiro atoms. The van der Waals surface area contributed by atoms with Crippen molar-refractivity contribution in [1.29, 1.82) is 0 Å². The molecule has 1 unspecified atom stereocenters. The lowest BCUT2D eigenvalue weighted by Gasteiger charge is -2.33. The molecular formula is C12H17NO. The summed E-state index contributed by atoms with van der Waals surface area (Å²) < 4.78 is 5.52. The summed E-state index contributed by atoms with van der Waals surface area (Å²) in [7, 11) is 0. The van der Waals surface area contributed by atoms with Gasteiger partial charge >= 0.3 is 0 Å². The van der Waals surface area contributed by atoms with E-state index in [4.69, 9.17) is 4.74 Å². The zero-order chi connectivity index (χ0) is 9.97. The summed E-state index contributed by atoms with van der Waals surface area (Å²) in [5, 5.41) is 0. The smallest absolute Gasteiger partial charge is 0.0722 e.